The molecular formula is C10H5FO5. The number of halogens is 1. The minimum atomic E-state index is -1.26. The molecule has 0 unspecified atom stereocenters. The zero-order valence-corrected chi connectivity index (χ0v) is 7.82. The van der Waals surface area contributed by atoms with Gasteiger partial charge < -0.3 is 19.0 Å². The summed E-state index contributed by atoms with van der Waals surface area (Å²) in [5, 5.41) is 9.01. The second kappa shape index (κ2) is 2.88. The van der Waals surface area contributed by atoms with Gasteiger partial charge in [0.05, 0.1) is 5.39 Å². The zero-order valence-electron chi connectivity index (χ0n) is 7.82. The van der Waals surface area contributed by atoms with Gasteiger partial charge in [-0.15, -0.1) is 0 Å². The van der Waals surface area contributed by atoms with E-state index in [0.29, 0.717) is 5.75 Å². The van der Waals surface area contributed by atoms with Crippen LogP contribution in [-0.4, -0.2) is 17.9 Å². The molecule has 2 aromatic rings. The first-order valence-electron chi connectivity index (χ1n) is 4.42. The molecule has 1 aromatic carbocycles. The van der Waals surface area contributed by atoms with Gasteiger partial charge in [-0.3, -0.25) is 0 Å². The molecule has 0 bridgehead atoms. The normalized spacial score (nSPS) is 13.3. The molecule has 1 aromatic heterocycles. The van der Waals surface area contributed by atoms with Crippen molar-refractivity contribution < 1.29 is 28.2 Å². The number of carbonyl (C=O) groups is 1. The van der Waals surface area contributed by atoms with E-state index in [-0.39, 0.29) is 29.3 Å². The number of rotatable bonds is 1. The van der Waals surface area contributed by atoms with Crippen molar-refractivity contribution in [3.63, 3.8) is 0 Å². The van der Waals surface area contributed by atoms with Crippen LogP contribution in [0.25, 0.3) is 11.0 Å². The third kappa shape index (κ3) is 1.06. The van der Waals surface area contributed by atoms with Crippen LogP contribution in [0.5, 0.6) is 11.5 Å². The van der Waals surface area contributed by atoms with Crippen molar-refractivity contribution in [3.05, 3.63) is 23.7 Å². The molecule has 6 heteroatoms. The van der Waals surface area contributed by atoms with Crippen molar-refractivity contribution in [2.45, 2.75) is 0 Å². The molecule has 16 heavy (non-hydrogen) atoms. The molecule has 0 aliphatic carbocycles. The lowest BCUT2D eigenvalue weighted by Crippen LogP contribution is -1.93. The molecule has 0 fully saturated rings. The van der Waals surface area contributed by atoms with Crippen molar-refractivity contribution in [1.82, 2.24) is 0 Å². The maximum atomic E-state index is 13.5. The fourth-order valence-electron chi connectivity index (χ4n) is 1.63. The molecule has 0 amide bonds. The van der Waals surface area contributed by atoms with Gasteiger partial charge in [0.15, 0.2) is 22.9 Å². The molecule has 0 saturated carbocycles. The lowest BCUT2D eigenvalue weighted by Gasteiger charge is -1.96. The highest BCUT2D eigenvalue weighted by Crippen LogP contribution is 2.41. The van der Waals surface area contributed by atoms with Crippen molar-refractivity contribution in [2.75, 3.05) is 6.79 Å². The van der Waals surface area contributed by atoms with Crippen molar-refractivity contribution in [1.29, 1.82) is 0 Å². The summed E-state index contributed by atoms with van der Waals surface area (Å²) in [5.74, 6) is -1.71. The van der Waals surface area contributed by atoms with Crippen LogP contribution in [0.15, 0.2) is 16.5 Å². The van der Waals surface area contributed by atoms with Gasteiger partial charge in [0.25, 0.3) is 0 Å². The van der Waals surface area contributed by atoms with E-state index in [4.69, 9.17) is 19.0 Å². The maximum absolute atomic E-state index is 13.5. The Morgan fingerprint density at radius 3 is 2.94 bits per heavy atom. The van der Waals surface area contributed by atoms with Gasteiger partial charge in [-0.05, 0) is 0 Å². The van der Waals surface area contributed by atoms with E-state index in [9.17, 15) is 9.18 Å². The third-order valence-electron chi connectivity index (χ3n) is 2.30. The highest BCUT2D eigenvalue weighted by molar-refractivity contribution is 5.95. The molecule has 82 valence electrons. The maximum Gasteiger partial charge on any atom is 0.371 e. The smallest absolute Gasteiger partial charge is 0.371 e. The summed E-state index contributed by atoms with van der Waals surface area (Å²) >= 11 is 0. The summed E-state index contributed by atoms with van der Waals surface area (Å²) in [7, 11) is 0. The Labute approximate surface area is 88.0 Å². The Bertz CT molecular complexity index is 601. The van der Waals surface area contributed by atoms with E-state index >= 15 is 0 Å². The average Bonchev–Trinajstić information content (AvgIpc) is 2.80. The van der Waals surface area contributed by atoms with E-state index in [1.54, 1.807) is 0 Å². The van der Waals surface area contributed by atoms with Crippen LogP contribution in [0.4, 0.5) is 4.39 Å². The van der Waals surface area contributed by atoms with E-state index in [1.165, 1.54) is 6.07 Å². The van der Waals surface area contributed by atoms with E-state index in [2.05, 4.69) is 0 Å². The predicted octanol–water partition coefficient (Wildman–Crippen LogP) is 2.00. The van der Waals surface area contributed by atoms with Gasteiger partial charge in [0.2, 0.25) is 12.6 Å². The predicted molar refractivity (Wildman–Crippen MR) is 49.3 cm³/mol. The quantitative estimate of drug-likeness (QED) is 0.802. The van der Waals surface area contributed by atoms with Crippen LogP contribution in [0, 0.1) is 5.82 Å². The molecule has 1 aliphatic rings. The van der Waals surface area contributed by atoms with Gasteiger partial charge in [0, 0.05) is 12.1 Å². The van der Waals surface area contributed by atoms with Gasteiger partial charge >= 0.3 is 5.97 Å². The number of carboxylic acids is 1. The first-order valence-corrected chi connectivity index (χ1v) is 4.42. The summed E-state index contributed by atoms with van der Waals surface area (Å²) in [6.45, 7) is -0.0124. The fourth-order valence-corrected chi connectivity index (χ4v) is 1.63. The summed E-state index contributed by atoms with van der Waals surface area (Å²) in [4.78, 5) is 10.7. The molecule has 0 atom stereocenters. The molecule has 2 heterocycles. The number of hydrogen-bond acceptors (Lipinski definition) is 4. The van der Waals surface area contributed by atoms with Gasteiger partial charge in [-0.1, -0.05) is 0 Å². The summed E-state index contributed by atoms with van der Waals surface area (Å²) in [6, 6.07) is 2.33. The summed E-state index contributed by atoms with van der Waals surface area (Å²) < 4.78 is 28.5. The van der Waals surface area contributed by atoms with Gasteiger partial charge in [0.1, 0.15) is 0 Å². The lowest BCUT2D eigenvalue weighted by atomic mass is 10.2. The second-order valence-corrected chi connectivity index (χ2v) is 3.25. The monoisotopic (exact) mass is 224 g/mol. The SMILES string of the molecule is O=C(O)c1cc2c3c(cc(F)c2o1)OCO3. The van der Waals surface area contributed by atoms with Crippen molar-refractivity contribution in [3.8, 4) is 11.5 Å². The zero-order chi connectivity index (χ0) is 11.3. The van der Waals surface area contributed by atoms with Gasteiger partial charge in [-0.25, -0.2) is 9.18 Å². The second-order valence-electron chi connectivity index (χ2n) is 3.25. The van der Waals surface area contributed by atoms with Crippen molar-refractivity contribution in [2.24, 2.45) is 0 Å². The number of ether oxygens (including phenoxy) is 2. The number of fused-ring (bicyclic) bond motifs is 3. The van der Waals surface area contributed by atoms with Crippen LogP contribution < -0.4 is 9.47 Å². The van der Waals surface area contributed by atoms with Crippen LogP contribution in [0.3, 0.4) is 0 Å². The minimum absolute atomic E-state index is 0.0124. The van der Waals surface area contributed by atoms with Gasteiger partial charge in [-0.2, -0.15) is 0 Å². The van der Waals surface area contributed by atoms with E-state index in [1.807, 2.05) is 0 Å². The Hall–Kier alpha value is -2.24. The number of furan rings is 1. The molecule has 1 aliphatic heterocycles. The minimum Gasteiger partial charge on any atom is -0.475 e. The molecule has 3 rings (SSSR count). The summed E-state index contributed by atoms with van der Waals surface area (Å²) in [5.41, 5.74) is -0.137. The standard InChI is InChI=1S/C10H5FO5/c11-5-2-6-9(15-3-14-6)4-1-7(10(12)13)16-8(4)5/h1-2H,3H2,(H,12,13). The fraction of sp³-hybridized carbons (Fsp3) is 0.100. The average molecular weight is 224 g/mol. The van der Waals surface area contributed by atoms with E-state index in [0.717, 1.165) is 6.07 Å². The molecular weight excluding hydrogens is 219 g/mol. The lowest BCUT2D eigenvalue weighted by molar-refractivity contribution is 0.0665. The first-order chi connectivity index (χ1) is 7.66. The third-order valence-corrected chi connectivity index (χ3v) is 2.30. The molecule has 0 radical (unpaired) electrons. The molecule has 1 N–H and O–H groups in total. The first kappa shape index (κ1) is 9.02. The number of benzene rings is 1. The van der Waals surface area contributed by atoms with Crippen LogP contribution in [-0.2, 0) is 0 Å². The van der Waals surface area contributed by atoms with Crippen molar-refractivity contribution >= 4 is 16.9 Å². The number of hydrogen-bond donors (Lipinski definition) is 1. The van der Waals surface area contributed by atoms with Crippen LogP contribution >= 0.6 is 0 Å². The Kier molecular flexibility index (Phi) is 1.62. The molecule has 0 spiro atoms. The highest BCUT2D eigenvalue weighted by atomic mass is 19.1. The Morgan fingerprint density at radius 1 is 1.38 bits per heavy atom. The Balaban J connectivity index is 2.37. The molecule has 0 saturated heterocycles. The van der Waals surface area contributed by atoms with Crippen LogP contribution in [0.1, 0.15) is 10.6 Å². The highest BCUT2D eigenvalue weighted by Gasteiger charge is 2.24. The largest absolute Gasteiger partial charge is 0.475 e. The summed E-state index contributed by atoms with van der Waals surface area (Å²) in [6.07, 6.45) is 0. The topological polar surface area (TPSA) is 68.9 Å². The Morgan fingerprint density at radius 2 is 2.19 bits per heavy atom. The van der Waals surface area contributed by atoms with Crippen LogP contribution in [0.2, 0.25) is 0 Å². The number of aromatic carboxylic acids is 1. The van der Waals surface area contributed by atoms with E-state index < -0.39 is 11.8 Å². The number of carboxylic acid groups (broad SMARTS) is 1. The molecule has 5 nitrogen and oxygen atoms in total.